The van der Waals surface area contributed by atoms with E-state index in [9.17, 15) is 10.1 Å². The molecule has 6 heteroatoms. The first-order chi connectivity index (χ1) is 12.2. The molecule has 1 atom stereocenters. The fourth-order valence-electron chi connectivity index (χ4n) is 3.30. The molecule has 1 aliphatic heterocycles. The van der Waals surface area contributed by atoms with Gasteiger partial charge < -0.3 is 10.1 Å². The van der Waals surface area contributed by atoms with Crippen molar-refractivity contribution in [3.63, 3.8) is 0 Å². The Morgan fingerprint density at radius 2 is 2.08 bits per heavy atom. The SMILES string of the molecule is COc1ccc([N+](=O)[O-])cc1NC1CCCN(Cc2ccccc2)C1. The van der Waals surface area contributed by atoms with E-state index >= 15 is 0 Å². The Kier molecular flexibility index (Phi) is 5.50. The minimum absolute atomic E-state index is 0.0697. The van der Waals surface area contributed by atoms with E-state index < -0.39 is 0 Å². The van der Waals surface area contributed by atoms with Gasteiger partial charge in [-0.25, -0.2) is 0 Å². The fraction of sp³-hybridized carbons (Fsp3) is 0.368. The summed E-state index contributed by atoms with van der Waals surface area (Å²) in [6, 6.07) is 15.3. The number of nitrogens with zero attached hydrogens (tertiary/aromatic N) is 2. The summed E-state index contributed by atoms with van der Waals surface area (Å²) in [5, 5.41) is 14.5. The lowest BCUT2D eigenvalue weighted by atomic mass is 10.0. The Hall–Kier alpha value is -2.60. The number of rotatable bonds is 6. The third-order valence-electron chi connectivity index (χ3n) is 4.51. The number of hydrogen-bond donors (Lipinski definition) is 1. The number of methoxy groups -OCH3 is 1. The van der Waals surface area contributed by atoms with E-state index in [1.54, 1.807) is 19.2 Å². The predicted molar refractivity (Wildman–Crippen MR) is 98.0 cm³/mol. The van der Waals surface area contributed by atoms with Gasteiger partial charge in [-0.2, -0.15) is 0 Å². The number of non-ortho nitro benzene ring substituents is 1. The summed E-state index contributed by atoms with van der Waals surface area (Å²) < 4.78 is 5.35. The standard InChI is InChI=1S/C19H23N3O3/c1-25-19-10-9-17(22(23)24)12-18(19)20-16-8-5-11-21(14-16)13-15-6-3-2-4-7-15/h2-4,6-7,9-10,12,16,20H,5,8,11,13-14H2,1H3. The average Bonchev–Trinajstić information content (AvgIpc) is 2.63. The first-order valence-electron chi connectivity index (χ1n) is 8.51. The van der Waals surface area contributed by atoms with Gasteiger partial charge in [0.1, 0.15) is 5.75 Å². The van der Waals surface area contributed by atoms with Crippen LogP contribution in [0.4, 0.5) is 11.4 Å². The van der Waals surface area contributed by atoms with Crippen LogP contribution in [-0.2, 0) is 6.54 Å². The second-order valence-electron chi connectivity index (χ2n) is 6.35. The highest BCUT2D eigenvalue weighted by Crippen LogP contribution is 2.30. The quantitative estimate of drug-likeness (QED) is 0.641. The van der Waals surface area contributed by atoms with Crippen molar-refractivity contribution in [1.29, 1.82) is 0 Å². The lowest BCUT2D eigenvalue weighted by Crippen LogP contribution is -2.41. The van der Waals surface area contributed by atoms with Gasteiger partial charge in [0.2, 0.25) is 0 Å². The smallest absolute Gasteiger partial charge is 0.271 e. The van der Waals surface area contributed by atoms with Crippen LogP contribution in [0.2, 0.25) is 0 Å². The van der Waals surface area contributed by atoms with Crippen LogP contribution in [0.15, 0.2) is 48.5 Å². The fourth-order valence-corrected chi connectivity index (χ4v) is 3.30. The summed E-state index contributed by atoms with van der Waals surface area (Å²) in [5.74, 6) is 0.630. The maximum absolute atomic E-state index is 11.0. The van der Waals surface area contributed by atoms with Crippen molar-refractivity contribution in [3.8, 4) is 5.75 Å². The van der Waals surface area contributed by atoms with Crippen LogP contribution in [0, 0.1) is 10.1 Å². The molecule has 1 saturated heterocycles. The largest absolute Gasteiger partial charge is 0.495 e. The van der Waals surface area contributed by atoms with Crippen molar-refractivity contribution in [1.82, 2.24) is 4.90 Å². The van der Waals surface area contributed by atoms with Crippen LogP contribution in [0.25, 0.3) is 0 Å². The van der Waals surface area contributed by atoms with E-state index in [0.717, 1.165) is 32.5 Å². The second-order valence-corrected chi connectivity index (χ2v) is 6.35. The molecule has 1 fully saturated rings. The maximum Gasteiger partial charge on any atom is 0.271 e. The number of anilines is 1. The van der Waals surface area contributed by atoms with Crippen LogP contribution < -0.4 is 10.1 Å². The molecule has 0 aromatic heterocycles. The molecule has 2 aromatic rings. The van der Waals surface area contributed by atoms with E-state index in [2.05, 4.69) is 34.5 Å². The van der Waals surface area contributed by atoms with Gasteiger partial charge in [-0.3, -0.25) is 15.0 Å². The topological polar surface area (TPSA) is 67.6 Å². The number of piperidine rings is 1. The van der Waals surface area contributed by atoms with Gasteiger partial charge in [0.25, 0.3) is 5.69 Å². The molecule has 1 aliphatic rings. The molecule has 0 spiro atoms. The van der Waals surface area contributed by atoms with Crippen molar-refractivity contribution in [2.75, 3.05) is 25.5 Å². The Balaban J connectivity index is 1.68. The van der Waals surface area contributed by atoms with Crippen LogP contribution in [0.5, 0.6) is 5.75 Å². The zero-order valence-corrected chi connectivity index (χ0v) is 14.4. The molecule has 0 radical (unpaired) electrons. The molecule has 0 saturated carbocycles. The molecular formula is C19H23N3O3. The number of nitrogens with one attached hydrogen (secondary N) is 1. The molecule has 1 N–H and O–H groups in total. The summed E-state index contributed by atoms with van der Waals surface area (Å²) >= 11 is 0. The molecule has 6 nitrogen and oxygen atoms in total. The summed E-state index contributed by atoms with van der Waals surface area (Å²) in [7, 11) is 1.58. The Labute approximate surface area is 147 Å². The van der Waals surface area contributed by atoms with Crippen molar-refractivity contribution in [2.45, 2.75) is 25.4 Å². The minimum atomic E-state index is -0.382. The van der Waals surface area contributed by atoms with E-state index in [-0.39, 0.29) is 16.7 Å². The predicted octanol–water partition coefficient (Wildman–Crippen LogP) is 3.68. The molecule has 1 heterocycles. The molecule has 1 unspecified atom stereocenters. The first-order valence-corrected chi connectivity index (χ1v) is 8.51. The number of likely N-dealkylation sites (tertiary alicyclic amines) is 1. The Morgan fingerprint density at radius 1 is 1.28 bits per heavy atom. The molecule has 3 rings (SSSR count). The number of ether oxygens (including phenoxy) is 1. The number of nitro benzene ring substituents is 1. The van der Waals surface area contributed by atoms with Gasteiger partial charge in [-0.05, 0) is 31.0 Å². The van der Waals surface area contributed by atoms with Gasteiger partial charge >= 0.3 is 0 Å². The highest BCUT2D eigenvalue weighted by Gasteiger charge is 2.22. The van der Waals surface area contributed by atoms with Crippen molar-refractivity contribution >= 4 is 11.4 Å². The molecule has 2 aromatic carbocycles. The Morgan fingerprint density at radius 3 is 2.80 bits per heavy atom. The summed E-state index contributed by atoms with van der Waals surface area (Å²) in [4.78, 5) is 13.1. The molecule has 132 valence electrons. The zero-order valence-electron chi connectivity index (χ0n) is 14.4. The lowest BCUT2D eigenvalue weighted by Gasteiger charge is -2.34. The van der Waals surface area contributed by atoms with Gasteiger partial charge in [-0.1, -0.05) is 30.3 Å². The number of nitro groups is 1. The normalized spacial score (nSPS) is 17.9. The third kappa shape index (κ3) is 4.48. The second kappa shape index (κ2) is 7.98. The molecule has 0 bridgehead atoms. The van der Waals surface area contributed by atoms with E-state index in [4.69, 9.17) is 4.74 Å². The lowest BCUT2D eigenvalue weighted by molar-refractivity contribution is -0.384. The highest BCUT2D eigenvalue weighted by atomic mass is 16.6. The molecule has 25 heavy (non-hydrogen) atoms. The van der Waals surface area contributed by atoms with Gasteiger partial charge in [-0.15, -0.1) is 0 Å². The summed E-state index contributed by atoms with van der Waals surface area (Å²) in [6.45, 7) is 2.89. The average molecular weight is 341 g/mol. The van der Waals surface area contributed by atoms with Crippen LogP contribution in [-0.4, -0.2) is 36.1 Å². The zero-order chi connectivity index (χ0) is 17.6. The van der Waals surface area contributed by atoms with E-state index in [0.29, 0.717) is 11.4 Å². The van der Waals surface area contributed by atoms with Crippen LogP contribution in [0.3, 0.4) is 0 Å². The van der Waals surface area contributed by atoms with E-state index in [1.165, 1.54) is 11.6 Å². The van der Waals surface area contributed by atoms with Crippen molar-refractivity contribution in [3.05, 3.63) is 64.2 Å². The summed E-state index contributed by atoms with van der Waals surface area (Å²) in [6.07, 6.45) is 2.14. The third-order valence-corrected chi connectivity index (χ3v) is 4.51. The van der Waals surface area contributed by atoms with E-state index in [1.807, 2.05) is 6.07 Å². The van der Waals surface area contributed by atoms with Crippen LogP contribution >= 0.6 is 0 Å². The molecular weight excluding hydrogens is 318 g/mol. The van der Waals surface area contributed by atoms with Crippen molar-refractivity contribution < 1.29 is 9.66 Å². The summed E-state index contributed by atoms with van der Waals surface area (Å²) in [5.41, 5.74) is 2.06. The minimum Gasteiger partial charge on any atom is -0.495 e. The maximum atomic E-state index is 11.0. The Bertz CT molecular complexity index is 721. The van der Waals surface area contributed by atoms with Gasteiger partial charge in [0.05, 0.1) is 17.7 Å². The number of benzene rings is 2. The van der Waals surface area contributed by atoms with Gasteiger partial charge in [0.15, 0.2) is 0 Å². The highest BCUT2D eigenvalue weighted by molar-refractivity contribution is 5.62. The van der Waals surface area contributed by atoms with Crippen LogP contribution in [0.1, 0.15) is 18.4 Å². The molecule has 0 amide bonds. The monoisotopic (exact) mass is 341 g/mol. The number of hydrogen-bond acceptors (Lipinski definition) is 5. The molecule has 0 aliphatic carbocycles. The van der Waals surface area contributed by atoms with Gasteiger partial charge in [0, 0.05) is 31.3 Å². The first kappa shape index (κ1) is 17.2. The van der Waals surface area contributed by atoms with Crippen molar-refractivity contribution in [2.24, 2.45) is 0 Å².